The first-order chi connectivity index (χ1) is 8.71. The average Bonchev–Trinajstić information content (AvgIpc) is 2.43. The predicted octanol–water partition coefficient (Wildman–Crippen LogP) is 3.09. The lowest BCUT2D eigenvalue weighted by atomic mass is 9.91. The Morgan fingerprint density at radius 2 is 2.06 bits per heavy atom. The number of unbranched alkanes of at least 4 members (excludes halogenated alkanes) is 1. The first-order valence-corrected chi connectivity index (χ1v) is 6.84. The summed E-state index contributed by atoms with van der Waals surface area (Å²) in [4.78, 5) is 0. The Bertz CT molecular complexity index is 326. The molecule has 0 aromatic carbocycles. The highest BCUT2D eigenvalue weighted by Crippen LogP contribution is 2.24. The van der Waals surface area contributed by atoms with E-state index in [2.05, 4.69) is 24.0 Å². The van der Waals surface area contributed by atoms with E-state index in [0.29, 0.717) is 11.8 Å². The fourth-order valence-electron chi connectivity index (χ4n) is 2.10. The SMILES string of the molecule is CCCCC(CC)CC(N)c1ccc(OC)nn1. The highest BCUT2D eigenvalue weighted by molar-refractivity contribution is 5.13. The summed E-state index contributed by atoms with van der Waals surface area (Å²) in [5.74, 6) is 1.22. The van der Waals surface area contributed by atoms with Crippen molar-refractivity contribution < 1.29 is 4.74 Å². The van der Waals surface area contributed by atoms with Gasteiger partial charge >= 0.3 is 0 Å². The third-order valence-corrected chi connectivity index (χ3v) is 3.38. The lowest BCUT2D eigenvalue weighted by molar-refractivity contribution is 0.376. The van der Waals surface area contributed by atoms with Gasteiger partial charge in [-0.15, -0.1) is 5.10 Å². The Morgan fingerprint density at radius 3 is 2.56 bits per heavy atom. The summed E-state index contributed by atoms with van der Waals surface area (Å²) in [6.45, 7) is 4.45. The zero-order valence-corrected chi connectivity index (χ0v) is 11.7. The van der Waals surface area contributed by atoms with Gasteiger partial charge in [-0.3, -0.25) is 0 Å². The van der Waals surface area contributed by atoms with Gasteiger partial charge in [-0.05, 0) is 18.4 Å². The molecule has 4 heteroatoms. The fourth-order valence-corrected chi connectivity index (χ4v) is 2.10. The average molecular weight is 251 g/mol. The van der Waals surface area contributed by atoms with Crippen LogP contribution in [0.25, 0.3) is 0 Å². The molecule has 102 valence electrons. The van der Waals surface area contributed by atoms with E-state index < -0.39 is 0 Å². The van der Waals surface area contributed by atoms with E-state index in [9.17, 15) is 0 Å². The van der Waals surface area contributed by atoms with Crippen molar-refractivity contribution in [2.75, 3.05) is 7.11 Å². The monoisotopic (exact) mass is 251 g/mol. The van der Waals surface area contributed by atoms with Gasteiger partial charge in [0.05, 0.1) is 12.8 Å². The van der Waals surface area contributed by atoms with Gasteiger partial charge in [0.2, 0.25) is 5.88 Å². The molecule has 2 atom stereocenters. The molecule has 0 amide bonds. The molecule has 2 N–H and O–H groups in total. The van der Waals surface area contributed by atoms with Gasteiger partial charge < -0.3 is 10.5 Å². The molecule has 0 aliphatic carbocycles. The molecule has 0 spiro atoms. The molecule has 2 unspecified atom stereocenters. The van der Waals surface area contributed by atoms with E-state index in [1.165, 1.54) is 25.7 Å². The largest absolute Gasteiger partial charge is 0.480 e. The maximum Gasteiger partial charge on any atom is 0.233 e. The second kappa shape index (κ2) is 8.03. The maximum absolute atomic E-state index is 6.19. The Balaban J connectivity index is 2.53. The Morgan fingerprint density at radius 1 is 1.28 bits per heavy atom. The second-order valence-corrected chi connectivity index (χ2v) is 4.76. The third kappa shape index (κ3) is 4.61. The molecule has 1 aromatic heterocycles. The van der Waals surface area contributed by atoms with E-state index in [-0.39, 0.29) is 6.04 Å². The molecule has 1 heterocycles. The van der Waals surface area contributed by atoms with Crippen molar-refractivity contribution in [2.45, 2.75) is 52.0 Å². The minimum Gasteiger partial charge on any atom is -0.480 e. The molecular formula is C14H25N3O. The topological polar surface area (TPSA) is 61.0 Å². The highest BCUT2D eigenvalue weighted by atomic mass is 16.5. The lowest BCUT2D eigenvalue weighted by Crippen LogP contribution is -2.17. The van der Waals surface area contributed by atoms with Crippen LogP contribution < -0.4 is 10.5 Å². The Kier molecular flexibility index (Phi) is 6.65. The molecule has 4 nitrogen and oxygen atoms in total. The quantitative estimate of drug-likeness (QED) is 0.771. The van der Waals surface area contributed by atoms with Crippen LogP contribution in [0.3, 0.4) is 0 Å². The van der Waals surface area contributed by atoms with Crippen LogP contribution in [0.4, 0.5) is 0 Å². The van der Waals surface area contributed by atoms with Crippen molar-refractivity contribution in [1.29, 1.82) is 0 Å². The van der Waals surface area contributed by atoms with Crippen LogP contribution in [0.5, 0.6) is 5.88 Å². The van der Waals surface area contributed by atoms with Crippen LogP contribution in [0.2, 0.25) is 0 Å². The number of rotatable bonds is 8. The van der Waals surface area contributed by atoms with Crippen molar-refractivity contribution in [3.8, 4) is 5.88 Å². The molecule has 0 fully saturated rings. The molecule has 0 saturated heterocycles. The normalized spacial score (nSPS) is 14.2. The number of ether oxygens (including phenoxy) is 1. The van der Waals surface area contributed by atoms with Crippen LogP contribution in [0.15, 0.2) is 12.1 Å². The summed E-state index contributed by atoms with van der Waals surface area (Å²) in [6.07, 6.45) is 5.94. The number of nitrogens with zero attached hydrogens (tertiary/aromatic N) is 2. The summed E-state index contributed by atoms with van der Waals surface area (Å²) in [5.41, 5.74) is 7.04. The number of nitrogens with two attached hydrogens (primary N) is 1. The summed E-state index contributed by atoms with van der Waals surface area (Å²) in [5, 5.41) is 8.08. The smallest absolute Gasteiger partial charge is 0.233 e. The van der Waals surface area contributed by atoms with E-state index in [4.69, 9.17) is 10.5 Å². The highest BCUT2D eigenvalue weighted by Gasteiger charge is 2.14. The van der Waals surface area contributed by atoms with Crippen molar-refractivity contribution in [1.82, 2.24) is 10.2 Å². The summed E-state index contributed by atoms with van der Waals surface area (Å²) in [7, 11) is 1.58. The predicted molar refractivity (Wildman–Crippen MR) is 73.4 cm³/mol. The second-order valence-electron chi connectivity index (χ2n) is 4.76. The Hall–Kier alpha value is -1.16. The molecule has 0 bridgehead atoms. The van der Waals surface area contributed by atoms with Gasteiger partial charge in [0.15, 0.2) is 0 Å². The summed E-state index contributed by atoms with van der Waals surface area (Å²) < 4.78 is 4.99. The van der Waals surface area contributed by atoms with E-state index in [0.717, 1.165) is 12.1 Å². The number of aromatic nitrogens is 2. The molecule has 0 radical (unpaired) electrons. The first-order valence-electron chi connectivity index (χ1n) is 6.84. The van der Waals surface area contributed by atoms with E-state index in [1.807, 2.05) is 12.1 Å². The number of hydrogen-bond acceptors (Lipinski definition) is 4. The van der Waals surface area contributed by atoms with Crippen LogP contribution >= 0.6 is 0 Å². The molecule has 0 aliphatic heterocycles. The standard InChI is InChI=1S/C14H25N3O/c1-4-6-7-11(5-2)10-12(15)13-8-9-14(18-3)17-16-13/h8-9,11-12H,4-7,10,15H2,1-3H3. The third-order valence-electron chi connectivity index (χ3n) is 3.38. The zero-order valence-electron chi connectivity index (χ0n) is 11.7. The molecular weight excluding hydrogens is 226 g/mol. The van der Waals surface area contributed by atoms with Crippen LogP contribution in [-0.2, 0) is 0 Å². The van der Waals surface area contributed by atoms with Crippen LogP contribution in [0, 0.1) is 5.92 Å². The maximum atomic E-state index is 6.19. The number of hydrogen-bond donors (Lipinski definition) is 1. The van der Waals surface area contributed by atoms with Gasteiger partial charge in [0, 0.05) is 12.1 Å². The van der Waals surface area contributed by atoms with Crippen LogP contribution in [-0.4, -0.2) is 17.3 Å². The van der Waals surface area contributed by atoms with Crippen molar-refractivity contribution >= 4 is 0 Å². The van der Waals surface area contributed by atoms with Gasteiger partial charge in [0.1, 0.15) is 0 Å². The van der Waals surface area contributed by atoms with Crippen molar-refractivity contribution in [3.63, 3.8) is 0 Å². The van der Waals surface area contributed by atoms with Crippen LogP contribution in [0.1, 0.15) is 57.7 Å². The fraction of sp³-hybridized carbons (Fsp3) is 0.714. The number of methoxy groups -OCH3 is 1. The van der Waals surface area contributed by atoms with Gasteiger partial charge in [-0.25, -0.2) is 0 Å². The van der Waals surface area contributed by atoms with Gasteiger partial charge in [0.25, 0.3) is 0 Å². The summed E-state index contributed by atoms with van der Waals surface area (Å²) >= 11 is 0. The van der Waals surface area contributed by atoms with Gasteiger partial charge in [-0.1, -0.05) is 39.5 Å². The Labute approximate surface area is 110 Å². The van der Waals surface area contributed by atoms with Crippen molar-refractivity contribution in [3.05, 3.63) is 17.8 Å². The minimum absolute atomic E-state index is 0.0230. The van der Waals surface area contributed by atoms with Gasteiger partial charge in [-0.2, -0.15) is 5.10 Å². The zero-order chi connectivity index (χ0) is 13.4. The summed E-state index contributed by atoms with van der Waals surface area (Å²) in [6, 6.07) is 3.70. The van der Waals surface area contributed by atoms with E-state index in [1.54, 1.807) is 7.11 Å². The molecule has 18 heavy (non-hydrogen) atoms. The van der Waals surface area contributed by atoms with E-state index >= 15 is 0 Å². The molecule has 0 aliphatic rings. The molecule has 0 saturated carbocycles. The molecule has 1 rings (SSSR count). The molecule has 1 aromatic rings. The minimum atomic E-state index is -0.0230. The first kappa shape index (κ1) is 14.9. The van der Waals surface area contributed by atoms with Crippen molar-refractivity contribution in [2.24, 2.45) is 11.7 Å². The lowest BCUT2D eigenvalue weighted by Gasteiger charge is -2.18.